The Morgan fingerprint density at radius 1 is 1.28 bits per heavy atom. The molecule has 0 aliphatic carbocycles. The van der Waals surface area contributed by atoms with Crippen molar-refractivity contribution in [2.45, 2.75) is 4.90 Å². The predicted molar refractivity (Wildman–Crippen MR) is 75.2 cm³/mol. The SMILES string of the molecule is CSc1cccc(C(=O)N(C)c2cccnc2)c1. The maximum absolute atomic E-state index is 12.3. The monoisotopic (exact) mass is 258 g/mol. The van der Waals surface area contributed by atoms with E-state index in [2.05, 4.69) is 4.98 Å². The van der Waals surface area contributed by atoms with E-state index in [-0.39, 0.29) is 5.91 Å². The van der Waals surface area contributed by atoms with E-state index in [1.54, 1.807) is 36.1 Å². The fourth-order valence-corrected chi connectivity index (χ4v) is 2.08. The van der Waals surface area contributed by atoms with E-state index >= 15 is 0 Å². The van der Waals surface area contributed by atoms with Gasteiger partial charge in [-0.2, -0.15) is 0 Å². The molecule has 1 aromatic carbocycles. The van der Waals surface area contributed by atoms with E-state index in [0.29, 0.717) is 5.56 Å². The number of carbonyl (C=O) groups is 1. The van der Waals surface area contributed by atoms with E-state index in [9.17, 15) is 4.79 Å². The molecule has 2 aromatic rings. The number of pyridine rings is 1. The maximum Gasteiger partial charge on any atom is 0.258 e. The van der Waals surface area contributed by atoms with Crippen LogP contribution in [0.3, 0.4) is 0 Å². The number of benzene rings is 1. The van der Waals surface area contributed by atoms with Crippen molar-refractivity contribution in [3.8, 4) is 0 Å². The summed E-state index contributed by atoms with van der Waals surface area (Å²) in [7, 11) is 1.76. The van der Waals surface area contributed by atoms with Gasteiger partial charge >= 0.3 is 0 Å². The zero-order valence-corrected chi connectivity index (χ0v) is 11.1. The van der Waals surface area contributed by atoms with Gasteiger partial charge in [-0.3, -0.25) is 9.78 Å². The fraction of sp³-hybridized carbons (Fsp3) is 0.143. The van der Waals surface area contributed by atoms with Gasteiger partial charge in [0.2, 0.25) is 0 Å². The van der Waals surface area contributed by atoms with E-state index in [0.717, 1.165) is 10.6 Å². The highest BCUT2D eigenvalue weighted by Gasteiger charge is 2.13. The Balaban J connectivity index is 2.25. The average molecular weight is 258 g/mol. The smallest absolute Gasteiger partial charge is 0.258 e. The van der Waals surface area contributed by atoms with Crippen molar-refractivity contribution in [2.24, 2.45) is 0 Å². The highest BCUT2D eigenvalue weighted by molar-refractivity contribution is 7.98. The first-order chi connectivity index (χ1) is 8.72. The normalized spacial score (nSPS) is 10.1. The molecule has 0 bridgehead atoms. The Bertz CT molecular complexity index is 543. The summed E-state index contributed by atoms with van der Waals surface area (Å²) in [6.07, 6.45) is 5.36. The third-order valence-electron chi connectivity index (χ3n) is 2.65. The zero-order chi connectivity index (χ0) is 13.0. The maximum atomic E-state index is 12.3. The largest absolute Gasteiger partial charge is 0.310 e. The van der Waals surface area contributed by atoms with Gasteiger partial charge < -0.3 is 4.90 Å². The average Bonchev–Trinajstić information content (AvgIpc) is 2.46. The molecule has 4 heteroatoms. The molecule has 2 rings (SSSR count). The molecule has 0 fully saturated rings. The van der Waals surface area contributed by atoms with Gasteiger partial charge in [0.15, 0.2) is 0 Å². The number of anilines is 1. The van der Waals surface area contributed by atoms with Gasteiger partial charge in [0.25, 0.3) is 5.91 Å². The molecule has 1 heterocycles. The van der Waals surface area contributed by atoms with Crippen LogP contribution in [0, 0.1) is 0 Å². The highest BCUT2D eigenvalue weighted by Crippen LogP contribution is 2.19. The summed E-state index contributed by atoms with van der Waals surface area (Å²) < 4.78 is 0. The molecule has 0 saturated carbocycles. The van der Waals surface area contributed by atoms with Crippen molar-refractivity contribution < 1.29 is 4.79 Å². The summed E-state index contributed by atoms with van der Waals surface area (Å²) in [6.45, 7) is 0. The molecule has 0 atom stereocenters. The summed E-state index contributed by atoms with van der Waals surface area (Å²) in [4.78, 5) is 19.0. The predicted octanol–water partition coefficient (Wildman–Crippen LogP) is 3.08. The van der Waals surface area contributed by atoms with Crippen LogP contribution in [0.15, 0.2) is 53.7 Å². The second kappa shape index (κ2) is 5.69. The van der Waals surface area contributed by atoms with Crippen LogP contribution < -0.4 is 4.90 Å². The van der Waals surface area contributed by atoms with E-state index < -0.39 is 0 Å². The first kappa shape index (κ1) is 12.6. The lowest BCUT2D eigenvalue weighted by Crippen LogP contribution is -2.26. The number of hydrogen-bond donors (Lipinski definition) is 0. The number of thioether (sulfide) groups is 1. The standard InChI is InChI=1S/C14H14N2OS/c1-16(12-6-4-8-15-10-12)14(17)11-5-3-7-13(9-11)18-2/h3-10H,1-2H3. The van der Waals surface area contributed by atoms with Crippen LogP contribution in [0.1, 0.15) is 10.4 Å². The molecular weight excluding hydrogens is 244 g/mol. The Hall–Kier alpha value is -1.81. The minimum Gasteiger partial charge on any atom is -0.310 e. The summed E-state index contributed by atoms with van der Waals surface area (Å²) in [6, 6.07) is 11.3. The molecule has 3 nitrogen and oxygen atoms in total. The molecule has 0 radical (unpaired) electrons. The number of carbonyl (C=O) groups excluding carboxylic acids is 1. The van der Waals surface area contributed by atoms with E-state index in [1.165, 1.54) is 0 Å². The van der Waals surface area contributed by atoms with Crippen LogP contribution in [-0.2, 0) is 0 Å². The van der Waals surface area contributed by atoms with Gasteiger partial charge in [0, 0.05) is 23.7 Å². The van der Waals surface area contributed by atoms with Crippen molar-refractivity contribution in [3.63, 3.8) is 0 Å². The Morgan fingerprint density at radius 3 is 2.78 bits per heavy atom. The first-order valence-electron chi connectivity index (χ1n) is 5.54. The summed E-state index contributed by atoms with van der Waals surface area (Å²) >= 11 is 1.62. The van der Waals surface area contributed by atoms with Crippen molar-refractivity contribution >= 4 is 23.4 Å². The molecule has 18 heavy (non-hydrogen) atoms. The van der Waals surface area contributed by atoms with E-state index in [1.807, 2.05) is 42.7 Å². The van der Waals surface area contributed by atoms with Crippen LogP contribution in [0.5, 0.6) is 0 Å². The molecule has 0 spiro atoms. The number of aromatic nitrogens is 1. The number of hydrogen-bond acceptors (Lipinski definition) is 3. The molecule has 0 aliphatic rings. The van der Waals surface area contributed by atoms with Gasteiger partial charge in [-0.15, -0.1) is 11.8 Å². The molecular formula is C14H14N2OS. The summed E-state index contributed by atoms with van der Waals surface area (Å²) in [5.41, 5.74) is 1.48. The van der Waals surface area contributed by atoms with Crippen LogP contribution in [0.2, 0.25) is 0 Å². The Kier molecular flexibility index (Phi) is 3.99. The number of amides is 1. The third-order valence-corrected chi connectivity index (χ3v) is 3.38. The van der Waals surface area contributed by atoms with Crippen LogP contribution >= 0.6 is 11.8 Å². The third kappa shape index (κ3) is 2.71. The van der Waals surface area contributed by atoms with E-state index in [4.69, 9.17) is 0 Å². The van der Waals surface area contributed by atoms with Gasteiger partial charge in [0.1, 0.15) is 0 Å². The van der Waals surface area contributed by atoms with Crippen molar-refractivity contribution in [2.75, 3.05) is 18.2 Å². The molecule has 0 aliphatic heterocycles. The number of nitrogens with zero attached hydrogens (tertiary/aromatic N) is 2. The van der Waals surface area contributed by atoms with Gasteiger partial charge in [-0.05, 0) is 36.6 Å². The quantitative estimate of drug-likeness (QED) is 0.793. The number of rotatable bonds is 3. The minimum atomic E-state index is -0.0288. The Morgan fingerprint density at radius 2 is 2.11 bits per heavy atom. The lowest BCUT2D eigenvalue weighted by atomic mass is 10.2. The topological polar surface area (TPSA) is 33.2 Å². The fourth-order valence-electron chi connectivity index (χ4n) is 1.62. The van der Waals surface area contributed by atoms with Crippen molar-refractivity contribution in [1.29, 1.82) is 0 Å². The van der Waals surface area contributed by atoms with Gasteiger partial charge in [0.05, 0.1) is 11.9 Å². The molecule has 1 aromatic heterocycles. The Labute approximate surface area is 111 Å². The highest BCUT2D eigenvalue weighted by atomic mass is 32.2. The molecule has 0 saturated heterocycles. The van der Waals surface area contributed by atoms with Crippen LogP contribution in [-0.4, -0.2) is 24.2 Å². The first-order valence-corrected chi connectivity index (χ1v) is 6.77. The minimum absolute atomic E-state index is 0.0288. The summed E-state index contributed by atoms with van der Waals surface area (Å²) in [5, 5.41) is 0. The van der Waals surface area contributed by atoms with Crippen LogP contribution in [0.4, 0.5) is 5.69 Å². The second-order valence-corrected chi connectivity index (χ2v) is 4.69. The lowest BCUT2D eigenvalue weighted by molar-refractivity contribution is 0.0992. The molecule has 0 unspecified atom stereocenters. The lowest BCUT2D eigenvalue weighted by Gasteiger charge is -2.17. The summed E-state index contributed by atoms with van der Waals surface area (Å²) in [5.74, 6) is -0.0288. The zero-order valence-electron chi connectivity index (χ0n) is 10.3. The molecule has 0 N–H and O–H groups in total. The van der Waals surface area contributed by atoms with Crippen LogP contribution in [0.25, 0.3) is 0 Å². The van der Waals surface area contributed by atoms with Gasteiger partial charge in [-0.25, -0.2) is 0 Å². The van der Waals surface area contributed by atoms with Crippen molar-refractivity contribution in [3.05, 3.63) is 54.4 Å². The molecule has 1 amide bonds. The molecule has 92 valence electrons. The van der Waals surface area contributed by atoms with Gasteiger partial charge in [-0.1, -0.05) is 6.07 Å². The second-order valence-electron chi connectivity index (χ2n) is 3.81. The van der Waals surface area contributed by atoms with Crippen molar-refractivity contribution in [1.82, 2.24) is 4.98 Å².